The second-order valence-electron chi connectivity index (χ2n) is 3.77. The fourth-order valence-corrected chi connectivity index (χ4v) is 1.49. The minimum atomic E-state index is 0.569. The minimum Gasteiger partial charge on any atom is -0.382 e. The number of nitrogens with one attached hydrogen (secondary N) is 1. The van der Waals surface area contributed by atoms with Gasteiger partial charge < -0.3 is 14.8 Å². The standard InChI is InChI=1S/C12H22N4O2/c1-4-10-11(5-2)15-16-12(14-10)13-6-7-18-9-8-17-3/h4-9H2,1-3H3,(H,13,14,16). The van der Waals surface area contributed by atoms with Crippen LogP contribution in [-0.4, -0.2) is 48.7 Å². The van der Waals surface area contributed by atoms with Crippen molar-refractivity contribution in [2.75, 3.05) is 38.8 Å². The molecule has 0 saturated heterocycles. The number of aryl methyl sites for hydroxylation is 2. The summed E-state index contributed by atoms with van der Waals surface area (Å²) in [5.74, 6) is 0.569. The van der Waals surface area contributed by atoms with E-state index in [2.05, 4.69) is 34.3 Å². The van der Waals surface area contributed by atoms with Crippen molar-refractivity contribution in [2.45, 2.75) is 26.7 Å². The van der Waals surface area contributed by atoms with E-state index in [0.717, 1.165) is 24.2 Å². The van der Waals surface area contributed by atoms with E-state index in [1.807, 2.05) is 0 Å². The molecule has 0 saturated carbocycles. The van der Waals surface area contributed by atoms with Gasteiger partial charge in [-0.2, -0.15) is 5.10 Å². The Kier molecular flexibility index (Phi) is 7.20. The highest BCUT2D eigenvalue weighted by Crippen LogP contribution is 2.06. The molecule has 1 rings (SSSR count). The Labute approximate surface area is 108 Å². The number of rotatable bonds is 9. The average molecular weight is 254 g/mol. The van der Waals surface area contributed by atoms with Gasteiger partial charge in [-0.3, -0.25) is 0 Å². The number of aromatic nitrogens is 3. The van der Waals surface area contributed by atoms with Crippen LogP contribution in [0.1, 0.15) is 25.2 Å². The summed E-state index contributed by atoms with van der Waals surface area (Å²) in [5, 5.41) is 11.3. The van der Waals surface area contributed by atoms with E-state index in [1.54, 1.807) is 7.11 Å². The molecule has 0 aromatic carbocycles. The SMILES string of the molecule is CCc1nnc(NCCOCCOC)nc1CC. The zero-order chi connectivity index (χ0) is 13.2. The predicted octanol–water partition coefficient (Wildman–Crippen LogP) is 1.07. The summed E-state index contributed by atoms with van der Waals surface area (Å²) >= 11 is 0. The van der Waals surface area contributed by atoms with E-state index in [0.29, 0.717) is 32.3 Å². The van der Waals surface area contributed by atoms with Crippen LogP contribution in [0, 0.1) is 0 Å². The van der Waals surface area contributed by atoms with Gasteiger partial charge in [0.05, 0.1) is 31.2 Å². The fraction of sp³-hybridized carbons (Fsp3) is 0.750. The third kappa shape index (κ3) is 4.93. The molecule has 0 aliphatic rings. The number of ether oxygens (including phenoxy) is 2. The van der Waals surface area contributed by atoms with Crippen LogP contribution >= 0.6 is 0 Å². The van der Waals surface area contributed by atoms with Gasteiger partial charge in [0.25, 0.3) is 0 Å². The third-order valence-electron chi connectivity index (χ3n) is 2.47. The van der Waals surface area contributed by atoms with E-state index in [4.69, 9.17) is 9.47 Å². The van der Waals surface area contributed by atoms with Crippen LogP contribution in [0.3, 0.4) is 0 Å². The Morgan fingerprint density at radius 3 is 2.44 bits per heavy atom. The molecule has 1 aromatic rings. The van der Waals surface area contributed by atoms with Crippen molar-refractivity contribution in [1.29, 1.82) is 0 Å². The van der Waals surface area contributed by atoms with Crippen molar-refractivity contribution in [3.8, 4) is 0 Å². The highest BCUT2D eigenvalue weighted by molar-refractivity contribution is 5.25. The van der Waals surface area contributed by atoms with Crippen LogP contribution in [0.5, 0.6) is 0 Å². The number of hydrogen-bond acceptors (Lipinski definition) is 6. The van der Waals surface area contributed by atoms with Gasteiger partial charge in [0.1, 0.15) is 0 Å². The van der Waals surface area contributed by atoms with Gasteiger partial charge >= 0.3 is 0 Å². The van der Waals surface area contributed by atoms with Crippen LogP contribution in [0.25, 0.3) is 0 Å². The van der Waals surface area contributed by atoms with E-state index >= 15 is 0 Å². The molecule has 1 N–H and O–H groups in total. The molecule has 18 heavy (non-hydrogen) atoms. The van der Waals surface area contributed by atoms with E-state index in [1.165, 1.54) is 0 Å². The topological polar surface area (TPSA) is 69.2 Å². The molecule has 102 valence electrons. The molecule has 0 bridgehead atoms. The van der Waals surface area contributed by atoms with Crippen molar-refractivity contribution < 1.29 is 9.47 Å². The number of methoxy groups -OCH3 is 1. The molecule has 6 nitrogen and oxygen atoms in total. The van der Waals surface area contributed by atoms with E-state index < -0.39 is 0 Å². The summed E-state index contributed by atoms with van der Waals surface area (Å²) in [6, 6.07) is 0. The Balaban J connectivity index is 2.34. The van der Waals surface area contributed by atoms with Gasteiger partial charge in [0, 0.05) is 13.7 Å². The first kappa shape index (κ1) is 14.8. The molecule has 0 fully saturated rings. The van der Waals surface area contributed by atoms with E-state index in [9.17, 15) is 0 Å². The van der Waals surface area contributed by atoms with Gasteiger partial charge in [-0.1, -0.05) is 13.8 Å². The first-order chi connectivity index (χ1) is 8.81. The lowest BCUT2D eigenvalue weighted by Crippen LogP contribution is -2.15. The summed E-state index contributed by atoms with van der Waals surface area (Å²) in [4.78, 5) is 4.43. The zero-order valence-electron chi connectivity index (χ0n) is 11.4. The molecular weight excluding hydrogens is 232 g/mol. The molecule has 1 heterocycles. The monoisotopic (exact) mass is 254 g/mol. The number of hydrogen-bond donors (Lipinski definition) is 1. The fourth-order valence-electron chi connectivity index (χ4n) is 1.49. The molecule has 0 amide bonds. The Morgan fingerprint density at radius 2 is 1.78 bits per heavy atom. The average Bonchev–Trinajstić information content (AvgIpc) is 2.42. The minimum absolute atomic E-state index is 0.569. The van der Waals surface area contributed by atoms with Crippen LogP contribution < -0.4 is 5.32 Å². The smallest absolute Gasteiger partial charge is 0.243 e. The summed E-state index contributed by atoms with van der Waals surface area (Å²) in [5.41, 5.74) is 1.98. The molecule has 0 aliphatic heterocycles. The van der Waals surface area contributed by atoms with Gasteiger partial charge in [-0.25, -0.2) is 4.98 Å². The first-order valence-corrected chi connectivity index (χ1v) is 6.34. The predicted molar refractivity (Wildman–Crippen MR) is 69.8 cm³/mol. The Morgan fingerprint density at radius 1 is 1.00 bits per heavy atom. The lowest BCUT2D eigenvalue weighted by Gasteiger charge is -2.08. The van der Waals surface area contributed by atoms with Crippen molar-refractivity contribution in [3.63, 3.8) is 0 Å². The lowest BCUT2D eigenvalue weighted by atomic mass is 10.2. The second-order valence-corrected chi connectivity index (χ2v) is 3.77. The molecule has 0 spiro atoms. The van der Waals surface area contributed by atoms with Gasteiger partial charge in [-0.05, 0) is 12.8 Å². The first-order valence-electron chi connectivity index (χ1n) is 6.34. The van der Waals surface area contributed by atoms with Gasteiger partial charge in [-0.15, -0.1) is 5.10 Å². The Bertz CT molecular complexity index is 347. The van der Waals surface area contributed by atoms with Crippen molar-refractivity contribution in [3.05, 3.63) is 11.4 Å². The van der Waals surface area contributed by atoms with Crippen LogP contribution in [-0.2, 0) is 22.3 Å². The van der Waals surface area contributed by atoms with Crippen LogP contribution in [0.2, 0.25) is 0 Å². The van der Waals surface area contributed by atoms with Crippen molar-refractivity contribution in [1.82, 2.24) is 15.2 Å². The molecule has 0 aliphatic carbocycles. The Hall–Kier alpha value is -1.27. The van der Waals surface area contributed by atoms with Crippen LogP contribution in [0.15, 0.2) is 0 Å². The molecular formula is C12H22N4O2. The summed E-state index contributed by atoms with van der Waals surface area (Å²) < 4.78 is 10.2. The second kappa shape index (κ2) is 8.77. The van der Waals surface area contributed by atoms with Crippen LogP contribution in [0.4, 0.5) is 5.95 Å². The normalized spacial score (nSPS) is 10.6. The third-order valence-corrected chi connectivity index (χ3v) is 2.47. The van der Waals surface area contributed by atoms with Gasteiger partial charge in [0.2, 0.25) is 5.95 Å². The quantitative estimate of drug-likeness (QED) is 0.665. The summed E-state index contributed by atoms with van der Waals surface area (Å²) in [6.07, 6.45) is 1.74. The largest absolute Gasteiger partial charge is 0.382 e. The molecule has 6 heteroatoms. The lowest BCUT2D eigenvalue weighted by molar-refractivity contribution is 0.0758. The molecule has 0 radical (unpaired) electrons. The van der Waals surface area contributed by atoms with Crippen molar-refractivity contribution in [2.24, 2.45) is 0 Å². The molecule has 0 unspecified atom stereocenters. The van der Waals surface area contributed by atoms with Crippen molar-refractivity contribution >= 4 is 5.95 Å². The summed E-state index contributed by atoms with van der Waals surface area (Å²) in [6.45, 7) is 6.61. The van der Waals surface area contributed by atoms with Gasteiger partial charge in [0.15, 0.2) is 0 Å². The molecule has 1 aromatic heterocycles. The highest BCUT2D eigenvalue weighted by atomic mass is 16.5. The maximum absolute atomic E-state index is 5.33. The zero-order valence-corrected chi connectivity index (χ0v) is 11.4. The maximum Gasteiger partial charge on any atom is 0.243 e. The number of anilines is 1. The highest BCUT2D eigenvalue weighted by Gasteiger charge is 2.05. The van der Waals surface area contributed by atoms with E-state index in [-0.39, 0.29) is 0 Å². The summed E-state index contributed by atoms with van der Waals surface area (Å²) in [7, 11) is 1.66. The maximum atomic E-state index is 5.33. The number of nitrogens with zero attached hydrogens (tertiary/aromatic N) is 3. The molecule has 0 atom stereocenters.